The molecule has 0 amide bonds. The molecule has 72 valence electrons. The number of hydrogen-bond acceptors (Lipinski definition) is 3. The van der Waals surface area contributed by atoms with Crippen molar-refractivity contribution in [3.63, 3.8) is 0 Å². The van der Waals surface area contributed by atoms with Crippen LogP contribution in [0.3, 0.4) is 0 Å². The number of thiol groups is 1. The minimum absolute atomic E-state index is 0.304. The highest BCUT2D eigenvalue weighted by molar-refractivity contribution is 7.79. The highest BCUT2D eigenvalue weighted by atomic mass is 35.5. The molecule has 0 fully saturated rings. The molecule has 14 heavy (non-hydrogen) atoms. The quantitative estimate of drug-likeness (QED) is 0.793. The van der Waals surface area contributed by atoms with E-state index < -0.39 is 0 Å². The van der Waals surface area contributed by atoms with Crippen molar-refractivity contribution in [3.8, 4) is 11.3 Å². The van der Waals surface area contributed by atoms with Crippen molar-refractivity contribution in [1.29, 1.82) is 0 Å². The highest BCUT2D eigenvalue weighted by Gasteiger charge is 2.03. The summed E-state index contributed by atoms with van der Waals surface area (Å²) in [5.74, 6) is 0.736. The summed E-state index contributed by atoms with van der Waals surface area (Å²) in [6.45, 7) is 0. The molecule has 0 N–H and O–H groups in total. The van der Waals surface area contributed by atoms with Gasteiger partial charge in [0.15, 0.2) is 0 Å². The van der Waals surface area contributed by atoms with Crippen LogP contribution in [-0.4, -0.2) is 5.16 Å². The third kappa shape index (κ3) is 1.94. The summed E-state index contributed by atoms with van der Waals surface area (Å²) in [7, 11) is 0. The van der Waals surface area contributed by atoms with Crippen LogP contribution in [0.25, 0.3) is 11.3 Å². The molecule has 0 radical (unpaired) electrons. The summed E-state index contributed by atoms with van der Waals surface area (Å²) in [6.07, 6.45) is 0. The zero-order chi connectivity index (χ0) is 9.97. The SMILES string of the molecule is SCc1ccc(-c2cc(Cl)on2)cc1. The second kappa shape index (κ2) is 4.07. The molecule has 0 aliphatic rings. The third-order valence-electron chi connectivity index (χ3n) is 1.91. The van der Waals surface area contributed by atoms with Crippen LogP contribution in [0.1, 0.15) is 5.56 Å². The maximum Gasteiger partial charge on any atom is 0.226 e. The molecule has 0 bridgehead atoms. The van der Waals surface area contributed by atoms with E-state index in [-0.39, 0.29) is 0 Å². The molecule has 0 aliphatic heterocycles. The lowest BCUT2D eigenvalue weighted by atomic mass is 10.1. The Morgan fingerprint density at radius 3 is 2.50 bits per heavy atom. The third-order valence-corrected chi connectivity index (χ3v) is 2.46. The summed E-state index contributed by atoms with van der Waals surface area (Å²) in [5, 5.41) is 4.12. The zero-order valence-corrected chi connectivity index (χ0v) is 8.92. The molecule has 1 aromatic heterocycles. The van der Waals surface area contributed by atoms with Gasteiger partial charge in [-0.25, -0.2) is 0 Å². The van der Waals surface area contributed by atoms with Crippen molar-refractivity contribution in [2.45, 2.75) is 5.75 Å². The minimum atomic E-state index is 0.304. The average molecular weight is 226 g/mol. The highest BCUT2D eigenvalue weighted by Crippen LogP contribution is 2.22. The van der Waals surface area contributed by atoms with Gasteiger partial charge in [0.2, 0.25) is 5.22 Å². The van der Waals surface area contributed by atoms with E-state index in [1.165, 1.54) is 5.56 Å². The molecular formula is C10H8ClNOS. The molecule has 0 spiro atoms. The van der Waals surface area contributed by atoms with E-state index in [1.807, 2.05) is 24.3 Å². The maximum absolute atomic E-state index is 5.63. The molecule has 2 aromatic rings. The van der Waals surface area contributed by atoms with Gasteiger partial charge >= 0.3 is 0 Å². The Kier molecular flexibility index (Phi) is 2.79. The van der Waals surface area contributed by atoms with E-state index in [0.29, 0.717) is 5.22 Å². The van der Waals surface area contributed by atoms with Crippen LogP contribution in [0, 0.1) is 0 Å². The lowest BCUT2D eigenvalue weighted by molar-refractivity contribution is 0.424. The molecule has 0 saturated carbocycles. The molecule has 0 atom stereocenters. The van der Waals surface area contributed by atoms with Crippen LogP contribution < -0.4 is 0 Å². The predicted molar refractivity (Wildman–Crippen MR) is 59.6 cm³/mol. The van der Waals surface area contributed by atoms with Crippen molar-refractivity contribution >= 4 is 24.2 Å². The number of nitrogens with zero attached hydrogens (tertiary/aromatic N) is 1. The molecule has 4 heteroatoms. The maximum atomic E-state index is 5.63. The minimum Gasteiger partial charge on any atom is -0.344 e. The Hall–Kier alpha value is -0.930. The molecule has 1 aromatic carbocycles. The van der Waals surface area contributed by atoms with Crippen LogP contribution in [0.2, 0.25) is 5.22 Å². The second-order valence-corrected chi connectivity index (χ2v) is 3.56. The van der Waals surface area contributed by atoms with Crippen molar-refractivity contribution in [2.75, 3.05) is 0 Å². The zero-order valence-electron chi connectivity index (χ0n) is 7.27. The van der Waals surface area contributed by atoms with Gasteiger partial charge < -0.3 is 4.52 Å². The van der Waals surface area contributed by atoms with Crippen LogP contribution in [0.15, 0.2) is 34.9 Å². The van der Waals surface area contributed by atoms with E-state index in [2.05, 4.69) is 17.8 Å². The van der Waals surface area contributed by atoms with Crippen LogP contribution in [0.5, 0.6) is 0 Å². The van der Waals surface area contributed by atoms with Gasteiger partial charge in [-0.3, -0.25) is 0 Å². The number of aromatic nitrogens is 1. The molecule has 2 nitrogen and oxygen atoms in total. The normalized spacial score (nSPS) is 10.4. The van der Waals surface area contributed by atoms with Gasteiger partial charge in [-0.2, -0.15) is 12.6 Å². The van der Waals surface area contributed by atoms with E-state index in [4.69, 9.17) is 16.1 Å². The monoisotopic (exact) mass is 225 g/mol. The fourth-order valence-corrected chi connectivity index (χ4v) is 1.52. The second-order valence-electron chi connectivity index (χ2n) is 2.87. The Morgan fingerprint density at radius 2 is 2.00 bits per heavy atom. The smallest absolute Gasteiger partial charge is 0.226 e. The van der Waals surface area contributed by atoms with E-state index in [1.54, 1.807) is 6.07 Å². The summed E-state index contributed by atoms with van der Waals surface area (Å²) >= 11 is 9.81. The molecule has 2 rings (SSSR count). The molecular weight excluding hydrogens is 218 g/mol. The number of hydrogen-bond donors (Lipinski definition) is 1. The first-order valence-electron chi connectivity index (χ1n) is 4.12. The summed E-state index contributed by atoms with van der Waals surface area (Å²) < 4.78 is 4.78. The lowest BCUT2D eigenvalue weighted by Crippen LogP contribution is -1.79. The Balaban J connectivity index is 2.33. The van der Waals surface area contributed by atoms with Gasteiger partial charge in [0.25, 0.3) is 0 Å². The topological polar surface area (TPSA) is 26.0 Å². The van der Waals surface area contributed by atoms with Crippen molar-refractivity contribution in [1.82, 2.24) is 5.16 Å². The Bertz CT molecular complexity index is 424. The molecule has 0 unspecified atom stereocenters. The largest absolute Gasteiger partial charge is 0.344 e. The van der Waals surface area contributed by atoms with Gasteiger partial charge in [0, 0.05) is 17.4 Å². The summed E-state index contributed by atoms with van der Waals surface area (Å²) in [6, 6.07) is 9.65. The first-order chi connectivity index (χ1) is 6.79. The summed E-state index contributed by atoms with van der Waals surface area (Å²) in [4.78, 5) is 0. The van der Waals surface area contributed by atoms with Crippen LogP contribution in [-0.2, 0) is 5.75 Å². The van der Waals surface area contributed by atoms with E-state index >= 15 is 0 Å². The standard InChI is InChI=1S/C10H8ClNOS/c11-10-5-9(12-13-10)8-3-1-7(6-14)2-4-8/h1-5,14H,6H2. The number of halogens is 1. The van der Waals surface area contributed by atoms with Crippen molar-refractivity contribution < 1.29 is 4.52 Å². The first-order valence-corrected chi connectivity index (χ1v) is 5.13. The van der Waals surface area contributed by atoms with Crippen molar-refractivity contribution in [3.05, 3.63) is 41.1 Å². The van der Waals surface area contributed by atoms with Crippen LogP contribution in [0.4, 0.5) is 0 Å². The van der Waals surface area contributed by atoms with Gasteiger partial charge in [-0.1, -0.05) is 29.4 Å². The fraction of sp³-hybridized carbons (Fsp3) is 0.100. The number of rotatable bonds is 2. The Morgan fingerprint density at radius 1 is 1.29 bits per heavy atom. The lowest BCUT2D eigenvalue weighted by Gasteiger charge is -1.97. The van der Waals surface area contributed by atoms with E-state index in [0.717, 1.165) is 17.0 Å². The van der Waals surface area contributed by atoms with Crippen molar-refractivity contribution in [2.24, 2.45) is 0 Å². The van der Waals surface area contributed by atoms with Gasteiger partial charge in [-0.05, 0) is 17.2 Å². The van der Waals surface area contributed by atoms with Gasteiger partial charge in [0.05, 0.1) is 0 Å². The summed E-state index contributed by atoms with van der Waals surface area (Å²) in [5.41, 5.74) is 2.92. The average Bonchev–Trinajstić information content (AvgIpc) is 2.65. The van der Waals surface area contributed by atoms with Gasteiger partial charge in [-0.15, -0.1) is 0 Å². The first kappa shape index (κ1) is 9.62. The number of benzene rings is 1. The Labute approximate surface area is 92.3 Å². The molecule has 1 heterocycles. The van der Waals surface area contributed by atoms with Crippen LogP contribution >= 0.6 is 24.2 Å². The fourth-order valence-electron chi connectivity index (χ4n) is 1.17. The van der Waals surface area contributed by atoms with Gasteiger partial charge in [0.1, 0.15) is 5.69 Å². The predicted octanol–water partition coefficient (Wildman–Crippen LogP) is 3.42. The molecule has 0 aliphatic carbocycles. The molecule has 0 saturated heterocycles. The van der Waals surface area contributed by atoms with E-state index in [9.17, 15) is 0 Å².